The molecule has 3 aromatic rings. The predicted octanol–water partition coefficient (Wildman–Crippen LogP) is 2.94. The van der Waals surface area contributed by atoms with Gasteiger partial charge in [0.2, 0.25) is 5.91 Å². The number of benzene rings is 1. The molecule has 0 aliphatic heterocycles. The summed E-state index contributed by atoms with van der Waals surface area (Å²) in [5.41, 5.74) is 8.38. The van der Waals surface area contributed by atoms with Gasteiger partial charge in [-0.3, -0.25) is 9.59 Å². The Kier molecular flexibility index (Phi) is 6.23. The van der Waals surface area contributed by atoms with Crippen molar-refractivity contribution in [1.29, 1.82) is 0 Å². The first-order valence-corrected chi connectivity index (χ1v) is 10.9. The van der Waals surface area contributed by atoms with Gasteiger partial charge in [-0.2, -0.15) is 0 Å². The van der Waals surface area contributed by atoms with E-state index in [0.717, 1.165) is 35.0 Å². The molecule has 0 unspecified atom stereocenters. The van der Waals surface area contributed by atoms with Crippen LogP contribution in [0.3, 0.4) is 0 Å². The number of nitrogens with two attached hydrogens (primary N) is 1. The summed E-state index contributed by atoms with van der Waals surface area (Å²) < 4.78 is 5.23. The molecular weight excluding hydrogens is 400 g/mol. The molecule has 0 saturated heterocycles. The second kappa shape index (κ2) is 9.21. The molecule has 2 aromatic heterocycles. The lowest BCUT2D eigenvalue weighted by atomic mass is 10.1. The second-order valence-corrected chi connectivity index (χ2v) is 8.45. The van der Waals surface area contributed by atoms with Gasteiger partial charge in [0.05, 0.1) is 11.8 Å². The van der Waals surface area contributed by atoms with Crippen molar-refractivity contribution < 1.29 is 14.3 Å². The Balaban J connectivity index is 1.33. The van der Waals surface area contributed by atoms with Crippen LogP contribution in [0.25, 0.3) is 10.2 Å². The third-order valence-electron chi connectivity index (χ3n) is 5.14. The summed E-state index contributed by atoms with van der Waals surface area (Å²) in [4.78, 5) is 35.0. The number of hydrogen-bond acceptors (Lipinski definition) is 7. The summed E-state index contributed by atoms with van der Waals surface area (Å²) in [6.07, 6.45) is 5.87. The van der Waals surface area contributed by atoms with Crippen molar-refractivity contribution in [3.63, 3.8) is 0 Å². The highest BCUT2D eigenvalue weighted by Gasteiger charge is 2.19. The highest BCUT2D eigenvalue weighted by Crippen LogP contribution is 2.37. The SMILES string of the molecule is Nc1nc(COC(=O)CNC(=O)Cc2ccccc2)nc2sc3c(c12)CCCCC3. The molecule has 0 atom stereocenters. The molecule has 30 heavy (non-hydrogen) atoms. The number of anilines is 1. The van der Waals surface area contributed by atoms with E-state index in [0.29, 0.717) is 11.6 Å². The molecular formula is C22H24N4O3S. The molecule has 1 aliphatic carbocycles. The van der Waals surface area contributed by atoms with Gasteiger partial charge in [0.25, 0.3) is 0 Å². The zero-order valence-electron chi connectivity index (χ0n) is 16.6. The number of nitrogens with zero attached hydrogens (tertiary/aromatic N) is 2. The number of hydrogen-bond donors (Lipinski definition) is 2. The van der Waals surface area contributed by atoms with E-state index in [9.17, 15) is 9.59 Å². The molecule has 1 aliphatic rings. The van der Waals surface area contributed by atoms with E-state index >= 15 is 0 Å². The number of aromatic nitrogens is 2. The van der Waals surface area contributed by atoms with Crippen LogP contribution in [0.2, 0.25) is 0 Å². The topological polar surface area (TPSA) is 107 Å². The summed E-state index contributed by atoms with van der Waals surface area (Å²) in [5.74, 6) is 0.0442. The number of carbonyl (C=O) groups is 2. The van der Waals surface area contributed by atoms with Crippen molar-refractivity contribution in [3.05, 3.63) is 52.2 Å². The van der Waals surface area contributed by atoms with E-state index in [2.05, 4.69) is 15.3 Å². The number of esters is 1. The number of ether oxygens (including phenoxy) is 1. The van der Waals surface area contributed by atoms with Crippen LogP contribution in [0.1, 0.15) is 41.1 Å². The number of carbonyl (C=O) groups excluding carboxylic acids is 2. The monoisotopic (exact) mass is 424 g/mol. The Morgan fingerprint density at radius 3 is 2.73 bits per heavy atom. The second-order valence-electron chi connectivity index (χ2n) is 7.37. The van der Waals surface area contributed by atoms with Crippen LogP contribution in [0.5, 0.6) is 0 Å². The van der Waals surface area contributed by atoms with E-state index < -0.39 is 5.97 Å². The van der Waals surface area contributed by atoms with Crippen molar-refractivity contribution in [1.82, 2.24) is 15.3 Å². The fourth-order valence-electron chi connectivity index (χ4n) is 3.68. The molecule has 0 bridgehead atoms. The zero-order chi connectivity index (χ0) is 20.9. The van der Waals surface area contributed by atoms with Crippen LogP contribution in [-0.4, -0.2) is 28.4 Å². The molecule has 0 saturated carbocycles. The molecule has 1 amide bonds. The lowest BCUT2D eigenvalue weighted by molar-refractivity contribution is -0.145. The van der Waals surface area contributed by atoms with Crippen molar-refractivity contribution in [2.75, 3.05) is 12.3 Å². The molecule has 156 valence electrons. The normalized spacial score (nSPS) is 13.5. The van der Waals surface area contributed by atoms with Crippen molar-refractivity contribution in [3.8, 4) is 0 Å². The maximum Gasteiger partial charge on any atom is 0.325 e. The number of thiophene rings is 1. The van der Waals surface area contributed by atoms with E-state index in [1.54, 1.807) is 11.3 Å². The number of aryl methyl sites for hydroxylation is 2. The maximum atomic E-state index is 12.0. The lowest BCUT2D eigenvalue weighted by Crippen LogP contribution is -2.31. The van der Waals surface area contributed by atoms with E-state index in [-0.39, 0.29) is 25.5 Å². The number of rotatable bonds is 6. The molecule has 1 aromatic carbocycles. The summed E-state index contributed by atoms with van der Waals surface area (Å²) in [6.45, 7) is -0.271. The van der Waals surface area contributed by atoms with Gasteiger partial charge < -0.3 is 15.8 Å². The highest BCUT2D eigenvalue weighted by atomic mass is 32.1. The van der Waals surface area contributed by atoms with Gasteiger partial charge in [0.15, 0.2) is 12.4 Å². The van der Waals surface area contributed by atoms with Crippen LogP contribution in [0, 0.1) is 0 Å². The largest absolute Gasteiger partial charge is 0.456 e. The van der Waals surface area contributed by atoms with Crippen LogP contribution >= 0.6 is 11.3 Å². The lowest BCUT2D eigenvalue weighted by Gasteiger charge is -2.07. The minimum atomic E-state index is -0.541. The highest BCUT2D eigenvalue weighted by molar-refractivity contribution is 7.19. The number of nitrogens with one attached hydrogen (secondary N) is 1. The first kappa shape index (κ1) is 20.3. The Morgan fingerprint density at radius 2 is 1.90 bits per heavy atom. The minimum Gasteiger partial charge on any atom is -0.456 e. The molecule has 2 heterocycles. The van der Waals surface area contributed by atoms with Crippen LogP contribution < -0.4 is 11.1 Å². The Bertz CT molecular complexity index is 1070. The first-order valence-electron chi connectivity index (χ1n) is 10.1. The maximum absolute atomic E-state index is 12.0. The van der Waals surface area contributed by atoms with E-state index in [1.807, 2.05) is 30.3 Å². The van der Waals surface area contributed by atoms with Gasteiger partial charge >= 0.3 is 5.97 Å². The molecule has 0 spiro atoms. The average Bonchev–Trinajstić information content (AvgIpc) is 2.93. The van der Waals surface area contributed by atoms with Crippen molar-refractivity contribution in [2.24, 2.45) is 0 Å². The van der Waals surface area contributed by atoms with Crippen LogP contribution in [-0.2, 0) is 40.2 Å². The van der Waals surface area contributed by atoms with Gasteiger partial charge in [-0.15, -0.1) is 11.3 Å². The third kappa shape index (κ3) is 4.76. The van der Waals surface area contributed by atoms with Gasteiger partial charge in [-0.1, -0.05) is 36.8 Å². The molecule has 0 radical (unpaired) electrons. The number of nitrogen functional groups attached to an aromatic ring is 1. The fraction of sp³-hybridized carbons (Fsp3) is 0.364. The zero-order valence-corrected chi connectivity index (χ0v) is 17.5. The summed E-state index contributed by atoms with van der Waals surface area (Å²) >= 11 is 1.66. The minimum absolute atomic E-state index is 0.0733. The van der Waals surface area contributed by atoms with Gasteiger partial charge in [0, 0.05) is 4.88 Å². The van der Waals surface area contributed by atoms with E-state index in [1.165, 1.54) is 23.3 Å². The van der Waals surface area contributed by atoms with Crippen molar-refractivity contribution >= 4 is 39.2 Å². The number of amides is 1. The standard InChI is InChI=1S/C22H24N4O3S/c23-21-20-15-9-5-2-6-10-16(15)30-22(20)26-17(25-21)13-29-19(28)12-24-18(27)11-14-7-3-1-4-8-14/h1,3-4,7-8H,2,5-6,9-13H2,(H,24,27)(H2,23,25,26). The van der Waals surface area contributed by atoms with Gasteiger partial charge in [0.1, 0.15) is 17.2 Å². The van der Waals surface area contributed by atoms with Crippen LogP contribution in [0.4, 0.5) is 5.82 Å². The molecule has 3 N–H and O–H groups in total. The van der Waals surface area contributed by atoms with Gasteiger partial charge in [-0.25, -0.2) is 9.97 Å². The summed E-state index contributed by atoms with van der Waals surface area (Å²) in [5, 5.41) is 3.53. The number of fused-ring (bicyclic) bond motifs is 3. The molecule has 8 heteroatoms. The molecule has 7 nitrogen and oxygen atoms in total. The smallest absolute Gasteiger partial charge is 0.325 e. The Hall–Kier alpha value is -3.00. The fourth-order valence-corrected chi connectivity index (χ4v) is 4.97. The Morgan fingerprint density at radius 1 is 1.10 bits per heavy atom. The Labute approximate surface area is 178 Å². The van der Waals surface area contributed by atoms with Crippen LogP contribution in [0.15, 0.2) is 30.3 Å². The summed E-state index contributed by atoms with van der Waals surface area (Å²) in [6, 6.07) is 9.34. The quantitative estimate of drug-likeness (QED) is 0.465. The summed E-state index contributed by atoms with van der Waals surface area (Å²) in [7, 11) is 0. The predicted molar refractivity (Wildman–Crippen MR) is 116 cm³/mol. The molecule has 0 fully saturated rings. The first-order chi connectivity index (χ1) is 14.6. The average molecular weight is 425 g/mol. The van der Waals surface area contributed by atoms with E-state index in [4.69, 9.17) is 10.5 Å². The van der Waals surface area contributed by atoms with Crippen molar-refractivity contribution in [2.45, 2.75) is 45.1 Å². The van der Waals surface area contributed by atoms with Gasteiger partial charge in [-0.05, 0) is 36.8 Å². The third-order valence-corrected chi connectivity index (χ3v) is 6.32. The molecule has 4 rings (SSSR count).